The fourth-order valence-corrected chi connectivity index (χ4v) is 3.33. The summed E-state index contributed by atoms with van der Waals surface area (Å²) in [5, 5.41) is 9.68. The van der Waals surface area contributed by atoms with Crippen molar-refractivity contribution in [3.63, 3.8) is 0 Å². The maximum absolute atomic E-state index is 14.2. The molecule has 2 aliphatic heterocycles. The SMILES string of the molecule is O=C(O)N1CC(F)C(N2CCCc3cc(Cl)ccc32)C1. The van der Waals surface area contributed by atoms with Crippen LogP contribution in [-0.2, 0) is 6.42 Å². The Labute approximate surface area is 121 Å². The van der Waals surface area contributed by atoms with Gasteiger partial charge in [0.05, 0.1) is 12.6 Å². The van der Waals surface area contributed by atoms with Crippen LogP contribution in [0.2, 0.25) is 5.02 Å². The minimum Gasteiger partial charge on any atom is -0.465 e. The Morgan fingerprint density at radius 2 is 2.20 bits per heavy atom. The molecule has 2 atom stereocenters. The van der Waals surface area contributed by atoms with Crippen LogP contribution in [0.15, 0.2) is 18.2 Å². The number of amides is 1. The fraction of sp³-hybridized carbons (Fsp3) is 0.500. The van der Waals surface area contributed by atoms with Gasteiger partial charge in [0.1, 0.15) is 6.17 Å². The van der Waals surface area contributed by atoms with Crippen molar-refractivity contribution in [2.24, 2.45) is 0 Å². The van der Waals surface area contributed by atoms with E-state index in [9.17, 15) is 9.18 Å². The lowest BCUT2D eigenvalue weighted by molar-refractivity contribution is 0.152. The minimum absolute atomic E-state index is 0.0422. The summed E-state index contributed by atoms with van der Waals surface area (Å²) < 4.78 is 14.2. The lowest BCUT2D eigenvalue weighted by atomic mass is 9.99. The van der Waals surface area contributed by atoms with Crippen LogP contribution < -0.4 is 4.90 Å². The van der Waals surface area contributed by atoms with E-state index in [1.165, 1.54) is 0 Å². The second-order valence-corrected chi connectivity index (χ2v) is 5.78. The predicted molar refractivity (Wildman–Crippen MR) is 75.4 cm³/mol. The smallest absolute Gasteiger partial charge is 0.407 e. The van der Waals surface area contributed by atoms with E-state index in [-0.39, 0.29) is 13.1 Å². The highest BCUT2D eigenvalue weighted by atomic mass is 35.5. The number of aryl methyl sites for hydroxylation is 1. The van der Waals surface area contributed by atoms with E-state index in [1.807, 2.05) is 17.0 Å². The lowest BCUT2D eigenvalue weighted by Crippen LogP contribution is -2.45. The molecule has 0 spiro atoms. The topological polar surface area (TPSA) is 43.8 Å². The van der Waals surface area contributed by atoms with Gasteiger partial charge in [-0.2, -0.15) is 0 Å². The average Bonchev–Trinajstić information content (AvgIpc) is 2.80. The number of alkyl halides is 1. The van der Waals surface area contributed by atoms with Crippen molar-refractivity contribution in [2.75, 3.05) is 24.5 Å². The number of likely N-dealkylation sites (tertiary alicyclic amines) is 1. The Bertz CT molecular complexity index is 540. The largest absolute Gasteiger partial charge is 0.465 e. The summed E-state index contributed by atoms with van der Waals surface area (Å²) in [5.41, 5.74) is 2.10. The summed E-state index contributed by atoms with van der Waals surface area (Å²) in [6, 6.07) is 5.23. The van der Waals surface area contributed by atoms with Gasteiger partial charge in [0.15, 0.2) is 0 Å². The predicted octanol–water partition coefficient (Wildman–Crippen LogP) is 2.79. The van der Waals surface area contributed by atoms with Gasteiger partial charge in [0.25, 0.3) is 0 Å². The third-order valence-corrected chi connectivity index (χ3v) is 4.32. The first kappa shape index (κ1) is 13.5. The molecule has 1 N–H and O–H groups in total. The van der Waals surface area contributed by atoms with Crippen LogP contribution in [0.3, 0.4) is 0 Å². The quantitative estimate of drug-likeness (QED) is 0.867. The van der Waals surface area contributed by atoms with Gasteiger partial charge in [0, 0.05) is 23.8 Å². The number of halogens is 2. The van der Waals surface area contributed by atoms with E-state index in [1.54, 1.807) is 6.07 Å². The highest BCUT2D eigenvalue weighted by molar-refractivity contribution is 6.30. The second kappa shape index (κ2) is 5.13. The number of benzene rings is 1. The number of hydrogen-bond acceptors (Lipinski definition) is 2. The van der Waals surface area contributed by atoms with E-state index in [0.29, 0.717) is 5.02 Å². The third-order valence-electron chi connectivity index (χ3n) is 4.09. The van der Waals surface area contributed by atoms with Crippen molar-refractivity contribution in [1.82, 2.24) is 4.90 Å². The van der Waals surface area contributed by atoms with E-state index < -0.39 is 18.3 Å². The molecule has 0 aromatic heterocycles. The van der Waals surface area contributed by atoms with Gasteiger partial charge in [-0.1, -0.05) is 11.6 Å². The summed E-state index contributed by atoms with van der Waals surface area (Å²) in [4.78, 5) is 14.1. The molecular weight excluding hydrogens is 283 g/mol. The zero-order valence-electron chi connectivity index (χ0n) is 10.9. The maximum atomic E-state index is 14.2. The van der Waals surface area contributed by atoms with Crippen LogP contribution in [0.1, 0.15) is 12.0 Å². The summed E-state index contributed by atoms with van der Waals surface area (Å²) in [7, 11) is 0. The molecule has 0 aliphatic carbocycles. The van der Waals surface area contributed by atoms with Crippen LogP contribution in [-0.4, -0.2) is 47.9 Å². The number of carbonyl (C=O) groups is 1. The van der Waals surface area contributed by atoms with Gasteiger partial charge in [-0.05, 0) is 36.6 Å². The molecule has 1 saturated heterocycles. The fourth-order valence-electron chi connectivity index (χ4n) is 3.14. The van der Waals surface area contributed by atoms with Gasteiger partial charge in [-0.3, -0.25) is 0 Å². The summed E-state index contributed by atoms with van der Waals surface area (Å²) in [6.45, 7) is 0.936. The van der Waals surface area contributed by atoms with Crippen molar-refractivity contribution in [3.05, 3.63) is 28.8 Å². The summed E-state index contributed by atoms with van der Waals surface area (Å²) in [5.74, 6) is 0. The molecule has 2 aliphatic rings. The average molecular weight is 299 g/mol. The highest BCUT2D eigenvalue weighted by Gasteiger charge is 2.40. The number of anilines is 1. The number of hydrogen-bond donors (Lipinski definition) is 1. The van der Waals surface area contributed by atoms with Crippen molar-refractivity contribution in [2.45, 2.75) is 25.1 Å². The normalized spacial score (nSPS) is 25.7. The molecule has 6 heteroatoms. The van der Waals surface area contributed by atoms with Crippen molar-refractivity contribution < 1.29 is 14.3 Å². The number of nitrogens with zero attached hydrogens (tertiary/aromatic N) is 2. The number of carboxylic acid groups (broad SMARTS) is 1. The first-order valence-corrected chi connectivity index (χ1v) is 7.11. The zero-order chi connectivity index (χ0) is 14.3. The van der Waals surface area contributed by atoms with Crippen LogP contribution in [0.5, 0.6) is 0 Å². The monoisotopic (exact) mass is 298 g/mol. The Morgan fingerprint density at radius 1 is 1.40 bits per heavy atom. The highest BCUT2D eigenvalue weighted by Crippen LogP contribution is 2.33. The van der Waals surface area contributed by atoms with Crippen molar-refractivity contribution >= 4 is 23.4 Å². The number of fused-ring (bicyclic) bond motifs is 1. The van der Waals surface area contributed by atoms with Gasteiger partial charge >= 0.3 is 6.09 Å². The third kappa shape index (κ3) is 2.30. The van der Waals surface area contributed by atoms with Crippen LogP contribution >= 0.6 is 11.6 Å². The van der Waals surface area contributed by atoms with E-state index in [4.69, 9.17) is 16.7 Å². The second-order valence-electron chi connectivity index (χ2n) is 5.34. The number of rotatable bonds is 1. The molecule has 1 amide bonds. The Kier molecular flexibility index (Phi) is 3.46. The zero-order valence-corrected chi connectivity index (χ0v) is 11.7. The molecular formula is C14H16ClFN2O2. The minimum atomic E-state index is -1.15. The summed E-state index contributed by atoms with van der Waals surface area (Å²) >= 11 is 6.00. The first-order valence-electron chi connectivity index (χ1n) is 6.73. The van der Waals surface area contributed by atoms with Gasteiger partial charge in [-0.25, -0.2) is 9.18 Å². The van der Waals surface area contributed by atoms with Gasteiger partial charge < -0.3 is 14.9 Å². The standard InChI is InChI=1S/C14H16ClFN2O2/c15-10-3-4-12-9(6-10)2-1-5-18(12)13-8-17(14(19)20)7-11(13)16/h3-4,6,11,13H,1-2,5,7-8H2,(H,19,20). The molecule has 1 aromatic carbocycles. The Hall–Kier alpha value is -1.49. The van der Waals surface area contributed by atoms with Crippen molar-refractivity contribution in [1.29, 1.82) is 0 Å². The van der Waals surface area contributed by atoms with Crippen LogP contribution in [0.4, 0.5) is 14.9 Å². The summed E-state index contributed by atoms with van der Waals surface area (Å²) in [6.07, 6.45) is -0.335. The van der Waals surface area contributed by atoms with E-state index >= 15 is 0 Å². The molecule has 2 unspecified atom stereocenters. The molecule has 0 bridgehead atoms. The molecule has 108 valence electrons. The van der Waals surface area contributed by atoms with Crippen molar-refractivity contribution in [3.8, 4) is 0 Å². The van der Waals surface area contributed by atoms with E-state index in [2.05, 4.69) is 0 Å². The van der Waals surface area contributed by atoms with E-state index in [0.717, 1.165) is 35.5 Å². The molecule has 1 aromatic rings. The molecule has 0 radical (unpaired) electrons. The van der Waals surface area contributed by atoms with Crippen LogP contribution in [0, 0.1) is 0 Å². The maximum Gasteiger partial charge on any atom is 0.407 e. The molecule has 0 saturated carbocycles. The van der Waals surface area contributed by atoms with Gasteiger partial charge in [0.2, 0.25) is 0 Å². The Balaban J connectivity index is 1.87. The van der Waals surface area contributed by atoms with Gasteiger partial charge in [-0.15, -0.1) is 0 Å². The van der Waals surface area contributed by atoms with Crippen LogP contribution in [0.25, 0.3) is 0 Å². The molecule has 20 heavy (non-hydrogen) atoms. The molecule has 2 heterocycles. The first-order chi connectivity index (χ1) is 9.56. The molecule has 3 rings (SSSR count). The molecule has 1 fully saturated rings. The molecule has 4 nitrogen and oxygen atoms in total. The lowest BCUT2D eigenvalue weighted by Gasteiger charge is -2.36. The Morgan fingerprint density at radius 3 is 2.90 bits per heavy atom.